The summed E-state index contributed by atoms with van der Waals surface area (Å²) in [7, 11) is 1.65. The van der Waals surface area contributed by atoms with Gasteiger partial charge in [-0.05, 0) is 49.5 Å². The van der Waals surface area contributed by atoms with E-state index in [1.807, 2.05) is 24.3 Å². The molecule has 28 heavy (non-hydrogen) atoms. The Balaban J connectivity index is 0.00000280. The molecule has 1 fully saturated rings. The summed E-state index contributed by atoms with van der Waals surface area (Å²) < 4.78 is 5.25. The lowest BCUT2D eigenvalue weighted by Gasteiger charge is -2.36. The average Bonchev–Trinajstić information content (AvgIpc) is 2.70. The van der Waals surface area contributed by atoms with E-state index in [1.165, 1.54) is 18.4 Å². The molecule has 3 N–H and O–H groups in total. The van der Waals surface area contributed by atoms with Crippen LogP contribution < -0.4 is 15.8 Å². The van der Waals surface area contributed by atoms with E-state index in [-0.39, 0.29) is 30.0 Å². The minimum absolute atomic E-state index is 0. The zero-order valence-electron chi connectivity index (χ0n) is 16.7. The van der Waals surface area contributed by atoms with Crippen molar-refractivity contribution in [1.29, 1.82) is 0 Å². The van der Waals surface area contributed by atoms with Crippen LogP contribution in [0.5, 0.6) is 5.75 Å². The van der Waals surface area contributed by atoms with Crippen molar-refractivity contribution in [2.45, 2.75) is 25.8 Å². The molecule has 0 spiro atoms. The fourth-order valence-electron chi connectivity index (χ4n) is 3.52. The molecule has 1 aliphatic heterocycles. The van der Waals surface area contributed by atoms with Crippen molar-refractivity contribution in [3.05, 3.63) is 60.2 Å². The Bertz CT molecular complexity index is 745. The number of halogens is 1. The molecule has 0 aliphatic carbocycles. The van der Waals surface area contributed by atoms with Gasteiger partial charge in [0.25, 0.3) is 0 Å². The fraction of sp³-hybridized carbons (Fsp3) is 0.409. The number of aliphatic imine (C=N–C) groups is 1. The van der Waals surface area contributed by atoms with Crippen LogP contribution in [0.25, 0.3) is 0 Å². The summed E-state index contributed by atoms with van der Waals surface area (Å²) in [6.07, 6.45) is 2.48. The number of nitrogens with zero attached hydrogens (tertiary/aromatic N) is 2. The quantitative estimate of drug-likeness (QED) is 0.353. The lowest BCUT2D eigenvalue weighted by Crippen LogP contribution is -2.38. The number of piperidine rings is 1. The zero-order valence-corrected chi connectivity index (χ0v) is 19.0. The third-order valence-corrected chi connectivity index (χ3v) is 5.22. The number of hydrogen-bond donors (Lipinski definition) is 2. The second-order valence-corrected chi connectivity index (χ2v) is 7.23. The minimum atomic E-state index is 0. The van der Waals surface area contributed by atoms with E-state index in [0.29, 0.717) is 12.5 Å². The summed E-state index contributed by atoms with van der Waals surface area (Å²) in [5.74, 6) is 2.02. The molecule has 0 radical (unpaired) electrons. The molecule has 0 aromatic heterocycles. The van der Waals surface area contributed by atoms with Crippen LogP contribution in [0, 0.1) is 5.92 Å². The summed E-state index contributed by atoms with van der Waals surface area (Å²) in [5.41, 5.74) is 8.32. The molecule has 3 rings (SSSR count). The summed E-state index contributed by atoms with van der Waals surface area (Å²) >= 11 is 0. The zero-order chi connectivity index (χ0) is 19.1. The molecular weight excluding hydrogens is 463 g/mol. The van der Waals surface area contributed by atoms with Crippen LogP contribution in [-0.4, -0.2) is 37.6 Å². The second-order valence-electron chi connectivity index (χ2n) is 7.23. The van der Waals surface area contributed by atoms with E-state index in [4.69, 9.17) is 10.5 Å². The Labute approximate surface area is 185 Å². The van der Waals surface area contributed by atoms with Crippen molar-refractivity contribution < 1.29 is 4.74 Å². The molecule has 2 aromatic carbocycles. The number of anilines is 1. The third-order valence-electron chi connectivity index (χ3n) is 5.22. The molecule has 6 heteroatoms. The van der Waals surface area contributed by atoms with Crippen molar-refractivity contribution in [2.24, 2.45) is 16.6 Å². The molecule has 1 aliphatic rings. The second kappa shape index (κ2) is 11.3. The minimum Gasteiger partial charge on any atom is -0.497 e. The molecule has 0 bridgehead atoms. The topological polar surface area (TPSA) is 62.9 Å². The van der Waals surface area contributed by atoms with Gasteiger partial charge < -0.3 is 15.8 Å². The number of nitrogens with one attached hydrogen (secondary N) is 1. The summed E-state index contributed by atoms with van der Waals surface area (Å²) in [6.45, 7) is 5.20. The smallest absolute Gasteiger partial charge is 0.193 e. The van der Waals surface area contributed by atoms with E-state index in [2.05, 4.69) is 52.5 Å². The third kappa shape index (κ3) is 6.38. The summed E-state index contributed by atoms with van der Waals surface area (Å²) in [4.78, 5) is 7.19. The Hall–Kier alpha value is -1.80. The maximum absolute atomic E-state index is 6.15. The SMILES string of the molecule is COc1cccc(NC(N)=NCC(c2ccccc2)N2CCC(C)CC2)c1.I. The molecule has 0 saturated carbocycles. The molecule has 1 unspecified atom stereocenters. The van der Waals surface area contributed by atoms with Crippen LogP contribution >= 0.6 is 24.0 Å². The number of rotatable bonds is 6. The Morgan fingerprint density at radius 2 is 1.89 bits per heavy atom. The Morgan fingerprint density at radius 3 is 2.57 bits per heavy atom. The van der Waals surface area contributed by atoms with Gasteiger partial charge in [-0.25, -0.2) is 0 Å². The summed E-state index contributed by atoms with van der Waals surface area (Å²) in [5, 5.41) is 3.16. The molecule has 0 amide bonds. The van der Waals surface area contributed by atoms with E-state index < -0.39 is 0 Å². The number of hydrogen-bond acceptors (Lipinski definition) is 3. The van der Waals surface area contributed by atoms with Crippen LogP contribution in [0.15, 0.2) is 59.6 Å². The standard InChI is InChI=1S/C22H30N4O.HI/c1-17-11-13-26(14-12-17)21(18-7-4-3-5-8-18)16-24-22(23)25-19-9-6-10-20(15-19)27-2;/h3-10,15,17,21H,11-14,16H2,1-2H3,(H3,23,24,25);1H. The van der Waals surface area contributed by atoms with Gasteiger partial charge in [0.15, 0.2) is 5.96 Å². The molecule has 1 heterocycles. The maximum Gasteiger partial charge on any atom is 0.193 e. The van der Waals surface area contributed by atoms with E-state index in [9.17, 15) is 0 Å². The van der Waals surface area contributed by atoms with E-state index in [1.54, 1.807) is 7.11 Å². The first-order valence-corrected chi connectivity index (χ1v) is 9.65. The highest BCUT2D eigenvalue weighted by atomic mass is 127. The van der Waals surface area contributed by atoms with Crippen molar-refractivity contribution in [1.82, 2.24) is 4.90 Å². The number of likely N-dealkylation sites (tertiary alicyclic amines) is 1. The molecule has 2 aromatic rings. The van der Waals surface area contributed by atoms with Gasteiger partial charge in [0, 0.05) is 11.8 Å². The van der Waals surface area contributed by atoms with Gasteiger partial charge in [0.05, 0.1) is 19.7 Å². The largest absolute Gasteiger partial charge is 0.497 e. The van der Waals surface area contributed by atoms with Crippen molar-refractivity contribution in [3.8, 4) is 5.75 Å². The normalized spacial score (nSPS) is 16.9. The van der Waals surface area contributed by atoms with Gasteiger partial charge in [-0.1, -0.05) is 43.3 Å². The van der Waals surface area contributed by atoms with Gasteiger partial charge in [-0.2, -0.15) is 0 Å². The molecule has 152 valence electrons. The number of benzene rings is 2. The molecule has 1 atom stereocenters. The van der Waals surface area contributed by atoms with E-state index in [0.717, 1.165) is 30.4 Å². The molecular formula is C22H31IN4O. The number of guanidine groups is 1. The van der Waals surface area contributed by atoms with Crippen LogP contribution in [0.1, 0.15) is 31.4 Å². The van der Waals surface area contributed by atoms with Crippen LogP contribution in [0.4, 0.5) is 5.69 Å². The predicted molar refractivity (Wildman–Crippen MR) is 128 cm³/mol. The van der Waals surface area contributed by atoms with Crippen molar-refractivity contribution in [2.75, 3.05) is 32.1 Å². The van der Waals surface area contributed by atoms with Gasteiger partial charge in [0.2, 0.25) is 0 Å². The lowest BCUT2D eigenvalue weighted by atomic mass is 9.96. The first-order chi connectivity index (χ1) is 13.2. The van der Waals surface area contributed by atoms with Crippen molar-refractivity contribution >= 4 is 35.6 Å². The lowest BCUT2D eigenvalue weighted by molar-refractivity contribution is 0.141. The van der Waals surface area contributed by atoms with Gasteiger partial charge in [-0.15, -0.1) is 24.0 Å². The molecule has 5 nitrogen and oxygen atoms in total. The summed E-state index contributed by atoms with van der Waals surface area (Å²) in [6, 6.07) is 18.6. The van der Waals surface area contributed by atoms with Gasteiger partial charge >= 0.3 is 0 Å². The van der Waals surface area contributed by atoms with Crippen LogP contribution in [0.2, 0.25) is 0 Å². The predicted octanol–water partition coefficient (Wildman–Crippen LogP) is 4.51. The van der Waals surface area contributed by atoms with Crippen LogP contribution in [0.3, 0.4) is 0 Å². The number of nitrogens with two attached hydrogens (primary N) is 1. The fourth-order valence-corrected chi connectivity index (χ4v) is 3.52. The first kappa shape index (κ1) is 22.5. The monoisotopic (exact) mass is 494 g/mol. The van der Waals surface area contributed by atoms with Crippen LogP contribution in [-0.2, 0) is 0 Å². The highest BCUT2D eigenvalue weighted by Gasteiger charge is 2.24. The molecule has 1 saturated heterocycles. The maximum atomic E-state index is 6.15. The van der Waals surface area contributed by atoms with E-state index >= 15 is 0 Å². The highest BCUT2D eigenvalue weighted by molar-refractivity contribution is 14.0. The Morgan fingerprint density at radius 1 is 1.18 bits per heavy atom. The highest BCUT2D eigenvalue weighted by Crippen LogP contribution is 2.27. The first-order valence-electron chi connectivity index (χ1n) is 9.65. The van der Waals surface area contributed by atoms with Gasteiger partial charge in [-0.3, -0.25) is 9.89 Å². The average molecular weight is 494 g/mol. The number of methoxy groups -OCH3 is 1. The van der Waals surface area contributed by atoms with Crippen molar-refractivity contribution in [3.63, 3.8) is 0 Å². The number of ether oxygens (including phenoxy) is 1. The Kier molecular flexibility index (Phi) is 9.05. The van der Waals surface area contributed by atoms with Gasteiger partial charge in [0.1, 0.15) is 5.75 Å².